The Kier molecular flexibility index (Phi) is 5.79. The Morgan fingerprint density at radius 2 is 1.67 bits per heavy atom. The van der Waals surface area contributed by atoms with Gasteiger partial charge in [-0.1, -0.05) is 60.7 Å². The van der Waals surface area contributed by atoms with Gasteiger partial charge >= 0.3 is 6.09 Å². The van der Waals surface area contributed by atoms with Crippen molar-refractivity contribution in [1.82, 2.24) is 5.32 Å². The molecule has 2 aromatic rings. The number of hydrogen-bond donors (Lipinski definition) is 2. The Hall–Kier alpha value is -2.33. The number of benzene rings is 2. The largest absolute Gasteiger partial charge is 0.445 e. The second-order valence-corrected chi connectivity index (χ2v) is 4.79. The highest BCUT2D eigenvalue weighted by Crippen LogP contribution is 2.12. The molecule has 2 rings (SSSR count). The fourth-order valence-corrected chi connectivity index (χ4v) is 2.04. The van der Waals surface area contributed by atoms with Crippen molar-refractivity contribution in [2.45, 2.75) is 12.5 Å². The third-order valence-corrected chi connectivity index (χ3v) is 3.26. The zero-order valence-electron chi connectivity index (χ0n) is 11.9. The summed E-state index contributed by atoms with van der Waals surface area (Å²) in [5, 5.41) is 2.76. The van der Waals surface area contributed by atoms with E-state index in [1.54, 1.807) is 0 Å². The van der Waals surface area contributed by atoms with Crippen molar-refractivity contribution in [2.75, 3.05) is 13.1 Å². The molecule has 0 spiro atoms. The van der Waals surface area contributed by atoms with Gasteiger partial charge in [0.15, 0.2) is 0 Å². The number of hydrogen-bond acceptors (Lipinski definition) is 3. The Bertz CT molecular complexity index is 543. The van der Waals surface area contributed by atoms with Gasteiger partial charge in [0, 0.05) is 19.0 Å². The van der Waals surface area contributed by atoms with Crippen LogP contribution >= 0.6 is 0 Å². The average Bonchev–Trinajstić information content (AvgIpc) is 2.55. The molecular formula is C17H20N2O2. The fourth-order valence-electron chi connectivity index (χ4n) is 2.04. The molecule has 0 fully saturated rings. The van der Waals surface area contributed by atoms with Crippen LogP contribution in [0.3, 0.4) is 0 Å². The molecule has 21 heavy (non-hydrogen) atoms. The highest BCUT2D eigenvalue weighted by molar-refractivity contribution is 5.67. The van der Waals surface area contributed by atoms with Gasteiger partial charge in [-0.3, -0.25) is 0 Å². The molecular weight excluding hydrogens is 264 g/mol. The molecule has 0 unspecified atom stereocenters. The van der Waals surface area contributed by atoms with Crippen molar-refractivity contribution in [3.05, 3.63) is 71.8 Å². The normalized spacial score (nSPS) is 11.7. The van der Waals surface area contributed by atoms with Crippen LogP contribution in [0.1, 0.15) is 17.0 Å². The van der Waals surface area contributed by atoms with Crippen LogP contribution in [0.25, 0.3) is 0 Å². The van der Waals surface area contributed by atoms with Crippen molar-refractivity contribution in [1.29, 1.82) is 0 Å². The van der Waals surface area contributed by atoms with Gasteiger partial charge in [-0.15, -0.1) is 0 Å². The maximum atomic E-state index is 11.7. The Labute approximate surface area is 124 Å². The van der Waals surface area contributed by atoms with E-state index >= 15 is 0 Å². The molecule has 0 saturated carbocycles. The number of ether oxygens (including phenoxy) is 1. The first-order chi connectivity index (χ1) is 10.3. The Balaban J connectivity index is 1.77. The predicted molar refractivity (Wildman–Crippen MR) is 82.9 cm³/mol. The number of amides is 1. The lowest BCUT2D eigenvalue weighted by Gasteiger charge is -2.16. The number of nitrogens with two attached hydrogens (primary N) is 1. The maximum Gasteiger partial charge on any atom is 0.407 e. The minimum absolute atomic E-state index is 0.0930. The molecule has 1 atom stereocenters. The lowest BCUT2D eigenvalue weighted by molar-refractivity contribution is 0.139. The summed E-state index contributed by atoms with van der Waals surface area (Å²) >= 11 is 0. The van der Waals surface area contributed by atoms with Crippen molar-refractivity contribution < 1.29 is 9.53 Å². The van der Waals surface area contributed by atoms with Gasteiger partial charge in [-0.25, -0.2) is 4.79 Å². The smallest absolute Gasteiger partial charge is 0.407 e. The molecule has 0 aliphatic carbocycles. The van der Waals surface area contributed by atoms with Crippen LogP contribution in [0.5, 0.6) is 0 Å². The van der Waals surface area contributed by atoms with Gasteiger partial charge in [0.1, 0.15) is 6.61 Å². The summed E-state index contributed by atoms with van der Waals surface area (Å²) in [5.41, 5.74) is 7.84. The minimum atomic E-state index is -0.423. The van der Waals surface area contributed by atoms with E-state index in [0.29, 0.717) is 13.1 Å². The zero-order valence-corrected chi connectivity index (χ0v) is 11.9. The van der Waals surface area contributed by atoms with E-state index in [1.165, 1.54) is 0 Å². The molecule has 0 radical (unpaired) electrons. The monoisotopic (exact) mass is 284 g/mol. The number of carbonyl (C=O) groups is 1. The summed E-state index contributed by atoms with van der Waals surface area (Å²) in [6, 6.07) is 19.5. The minimum Gasteiger partial charge on any atom is -0.445 e. The number of alkyl carbamates (subject to hydrolysis) is 1. The second kappa shape index (κ2) is 8.07. The van der Waals surface area contributed by atoms with Gasteiger partial charge in [0.05, 0.1) is 0 Å². The number of rotatable bonds is 6. The molecule has 0 aliphatic rings. The molecule has 0 heterocycles. The topological polar surface area (TPSA) is 64.3 Å². The summed E-state index contributed by atoms with van der Waals surface area (Å²) in [6.45, 7) is 1.21. The molecule has 0 saturated heterocycles. The van der Waals surface area contributed by atoms with E-state index in [9.17, 15) is 4.79 Å². The van der Waals surface area contributed by atoms with Gasteiger partial charge < -0.3 is 15.8 Å². The first kappa shape index (κ1) is 15.1. The maximum absolute atomic E-state index is 11.7. The van der Waals surface area contributed by atoms with E-state index in [2.05, 4.69) is 5.32 Å². The van der Waals surface area contributed by atoms with Gasteiger partial charge in [0.25, 0.3) is 0 Å². The van der Waals surface area contributed by atoms with Crippen LogP contribution in [0.15, 0.2) is 60.7 Å². The van der Waals surface area contributed by atoms with Crippen molar-refractivity contribution >= 4 is 6.09 Å². The quantitative estimate of drug-likeness (QED) is 0.857. The second-order valence-electron chi connectivity index (χ2n) is 4.79. The molecule has 0 bridgehead atoms. The summed E-state index contributed by atoms with van der Waals surface area (Å²) in [4.78, 5) is 11.7. The Morgan fingerprint density at radius 3 is 2.29 bits per heavy atom. The lowest BCUT2D eigenvalue weighted by Crippen LogP contribution is -2.31. The van der Waals surface area contributed by atoms with Crippen LogP contribution in [0, 0.1) is 0 Å². The molecule has 0 aromatic heterocycles. The summed E-state index contributed by atoms with van der Waals surface area (Å²) in [7, 11) is 0. The molecule has 110 valence electrons. The van der Waals surface area contributed by atoms with Gasteiger partial charge in [0.2, 0.25) is 0 Å². The van der Waals surface area contributed by atoms with Crippen LogP contribution in [-0.4, -0.2) is 19.2 Å². The van der Waals surface area contributed by atoms with Gasteiger partial charge in [-0.05, 0) is 11.1 Å². The van der Waals surface area contributed by atoms with E-state index < -0.39 is 6.09 Å². The van der Waals surface area contributed by atoms with Crippen molar-refractivity contribution in [3.8, 4) is 0 Å². The molecule has 1 amide bonds. The first-order valence-electron chi connectivity index (χ1n) is 6.99. The number of carbonyl (C=O) groups excluding carboxylic acids is 1. The average molecular weight is 284 g/mol. The van der Waals surface area contributed by atoms with E-state index in [-0.39, 0.29) is 12.5 Å². The lowest BCUT2D eigenvalue weighted by atomic mass is 9.99. The molecule has 4 nitrogen and oxygen atoms in total. The fraction of sp³-hybridized carbons (Fsp3) is 0.235. The first-order valence-corrected chi connectivity index (χ1v) is 6.99. The third kappa shape index (κ3) is 4.93. The molecule has 0 aliphatic heterocycles. The Morgan fingerprint density at radius 1 is 1.05 bits per heavy atom. The molecule has 4 heteroatoms. The molecule has 3 N–H and O–H groups in total. The standard InChI is InChI=1S/C17H20N2O2/c18-11-16(15-9-5-2-6-10-15)12-19-17(20)21-13-14-7-3-1-4-8-14/h1-10,16H,11-13,18H2,(H,19,20)/t16-/m0/s1. The molecule has 2 aromatic carbocycles. The third-order valence-electron chi connectivity index (χ3n) is 3.26. The van der Waals surface area contributed by atoms with E-state index in [4.69, 9.17) is 10.5 Å². The highest BCUT2D eigenvalue weighted by atomic mass is 16.5. The van der Waals surface area contributed by atoms with Crippen LogP contribution in [0.2, 0.25) is 0 Å². The predicted octanol–water partition coefficient (Wildman–Crippen LogP) is 2.66. The van der Waals surface area contributed by atoms with E-state index in [0.717, 1.165) is 11.1 Å². The van der Waals surface area contributed by atoms with Gasteiger partial charge in [-0.2, -0.15) is 0 Å². The van der Waals surface area contributed by atoms with Crippen molar-refractivity contribution in [3.63, 3.8) is 0 Å². The summed E-state index contributed by atoms with van der Waals surface area (Å²) < 4.78 is 5.17. The van der Waals surface area contributed by atoms with E-state index in [1.807, 2.05) is 60.7 Å². The summed E-state index contributed by atoms with van der Waals surface area (Å²) in [6.07, 6.45) is -0.423. The summed E-state index contributed by atoms with van der Waals surface area (Å²) in [5.74, 6) is 0.0930. The number of nitrogens with one attached hydrogen (secondary N) is 1. The van der Waals surface area contributed by atoms with Crippen LogP contribution in [0.4, 0.5) is 4.79 Å². The van der Waals surface area contributed by atoms with Crippen molar-refractivity contribution in [2.24, 2.45) is 5.73 Å². The van der Waals surface area contributed by atoms with Crippen LogP contribution in [-0.2, 0) is 11.3 Å². The SMILES string of the molecule is NC[C@@H](CNC(=O)OCc1ccccc1)c1ccccc1. The highest BCUT2D eigenvalue weighted by Gasteiger charge is 2.11. The van der Waals surface area contributed by atoms with Crippen LogP contribution < -0.4 is 11.1 Å². The zero-order chi connectivity index (χ0) is 14.9.